The molecule has 1 heterocycles. The normalized spacial score (nSPS) is 17.2. The highest BCUT2D eigenvalue weighted by molar-refractivity contribution is 6.51. The van der Waals surface area contributed by atoms with Gasteiger partial charge in [0.05, 0.1) is 25.8 Å². The van der Waals surface area contributed by atoms with Gasteiger partial charge in [0.1, 0.15) is 17.3 Å². The monoisotopic (exact) mass is 471 g/mol. The van der Waals surface area contributed by atoms with Crippen molar-refractivity contribution in [3.05, 3.63) is 94.6 Å². The van der Waals surface area contributed by atoms with Crippen LogP contribution in [0.3, 0.4) is 0 Å². The lowest BCUT2D eigenvalue weighted by Gasteiger charge is -2.26. The van der Waals surface area contributed by atoms with Crippen molar-refractivity contribution in [3.63, 3.8) is 0 Å². The van der Waals surface area contributed by atoms with Gasteiger partial charge in [-0.25, -0.2) is 0 Å². The molecule has 180 valence electrons. The Bertz CT molecular complexity index is 1310. The van der Waals surface area contributed by atoms with Crippen LogP contribution < -0.4 is 14.4 Å². The number of rotatable bonds is 6. The van der Waals surface area contributed by atoms with Gasteiger partial charge in [0.15, 0.2) is 0 Å². The van der Waals surface area contributed by atoms with Crippen LogP contribution >= 0.6 is 0 Å². The van der Waals surface area contributed by atoms with Crippen molar-refractivity contribution < 1.29 is 24.2 Å². The van der Waals surface area contributed by atoms with E-state index in [-0.39, 0.29) is 17.3 Å². The lowest BCUT2D eigenvalue weighted by molar-refractivity contribution is -0.132. The van der Waals surface area contributed by atoms with E-state index < -0.39 is 17.7 Å². The average molecular weight is 472 g/mol. The Morgan fingerprint density at radius 1 is 0.943 bits per heavy atom. The van der Waals surface area contributed by atoms with Crippen LogP contribution in [0.4, 0.5) is 5.69 Å². The molecule has 0 radical (unpaired) electrons. The lowest BCUT2D eigenvalue weighted by Crippen LogP contribution is -2.29. The molecule has 1 aliphatic heterocycles. The number of ether oxygens (including phenoxy) is 2. The maximum Gasteiger partial charge on any atom is 0.300 e. The van der Waals surface area contributed by atoms with Crippen molar-refractivity contribution in [1.82, 2.24) is 0 Å². The van der Waals surface area contributed by atoms with Crippen LogP contribution in [-0.4, -0.2) is 31.0 Å². The van der Waals surface area contributed by atoms with Crippen molar-refractivity contribution in [2.24, 2.45) is 0 Å². The van der Waals surface area contributed by atoms with Gasteiger partial charge in [0, 0.05) is 11.3 Å². The molecule has 6 heteroatoms. The minimum atomic E-state index is -0.784. The number of anilines is 1. The van der Waals surface area contributed by atoms with Crippen LogP contribution in [0.15, 0.2) is 72.3 Å². The molecule has 0 bridgehead atoms. The molecule has 0 aromatic heterocycles. The summed E-state index contributed by atoms with van der Waals surface area (Å²) in [6, 6.07) is 19.0. The SMILES string of the molecule is COc1ccc(N2C(=O)C(=O)/C(=C(\O)c3ccc(OC)c(C(C)C)c3)C2c2cccc(C)c2)cc1. The molecule has 4 rings (SSSR count). The zero-order valence-electron chi connectivity index (χ0n) is 20.5. The summed E-state index contributed by atoms with van der Waals surface area (Å²) in [5.41, 5.74) is 3.66. The average Bonchev–Trinajstić information content (AvgIpc) is 3.13. The van der Waals surface area contributed by atoms with Crippen molar-refractivity contribution in [2.45, 2.75) is 32.7 Å². The fourth-order valence-corrected chi connectivity index (χ4v) is 4.49. The van der Waals surface area contributed by atoms with Gasteiger partial charge in [0.2, 0.25) is 0 Å². The van der Waals surface area contributed by atoms with Crippen LogP contribution in [0.2, 0.25) is 0 Å². The first-order valence-electron chi connectivity index (χ1n) is 11.5. The van der Waals surface area contributed by atoms with Gasteiger partial charge in [-0.3, -0.25) is 14.5 Å². The number of carbonyl (C=O) groups excluding carboxylic acids is 2. The highest BCUT2D eigenvalue weighted by Crippen LogP contribution is 2.43. The minimum absolute atomic E-state index is 0.0521. The van der Waals surface area contributed by atoms with Gasteiger partial charge >= 0.3 is 0 Å². The molecule has 3 aromatic carbocycles. The second-order valence-corrected chi connectivity index (χ2v) is 8.89. The van der Waals surface area contributed by atoms with Crippen molar-refractivity contribution in [3.8, 4) is 11.5 Å². The van der Waals surface area contributed by atoms with Crippen molar-refractivity contribution in [1.29, 1.82) is 0 Å². The number of aliphatic hydroxyl groups is 1. The maximum absolute atomic E-state index is 13.4. The number of ketones is 1. The molecule has 1 aliphatic rings. The number of hydrogen-bond acceptors (Lipinski definition) is 5. The molecule has 1 N–H and O–H groups in total. The maximum atomic E-state index is 13.4. The molecule has 0 spiro atoms. The molecule has 6 nitrogen and oxygen atoms in total. The highest BCUT2D eigenvalue weighted by atomic mass is 16.5. The number of methoxy groups -OCH3 is 2. The molecule has 1 saturated heterocycles. The first-order valence-corrected chi connectivity index (χ1v) is 11.5. The van der Waals surface area contributed by atoms with E-state index in [2.05, 4.69) is 0 Å². The number of aryl methyl sites for hydroxylation is 1. The van der Waals surface area contributed by atoms with E-state index in [1.54, 1.807) is 50.6 Å². The number of Topliss-reactive ketones (excluding diaryl/α,β-unsaturated/α-hetero) is 1. The number of nitrogens with zero attached hydrogens (tertiary/aromatic N) is 1. The zero-order valence-corrected chi connectivity index (χ0v) is 20.5. The van der Waals surface area contributed by atoms with Gasteiger partial charge in [-0.15, -0.1) is 0 Å². The summed E-state index contributed by atoms with van der Waals surface area (Å²) in [5, 5.41) is 11.4. The van der Waals surface area contributed by atoms with Gasteiger partial charge in [-0.1, -0.05) is 43.7 Å². The zero-order chi connectivity index (χ0) is 25.3. The van der Waals surface area contributed by atoms with Crippen LogP contribution in [0.5, 0.6) is 11.5 Å². The lowest BCUT2D eigenvalue weighted by atomic mass is 9.92. The summed E-state index contributed by atoms with van der Waals surface area (Å²) in [5.74, 6) is -0.169. The van der Waals surface area contributed by atoms with Crippen LogP contribution in [0.1, 0.15) is 48.1 Å². The Kier molecular flexibility index (Phi) is 6.65. The summed E-state index contributed by atoms with van der Waals surface area (Å²) >= 11 is 0. The largest absolute Gasteiger partial charge is 0.507 e. The van der Waals surface area contributed by atoms with E-state index in [4.69, 9.17) is 9.47 Å². The molecule has 1 amide bonds. The summed E-state index contributed by atoms with van der Waals surface area (Å²) < 4.78 is 10.7. The van der Waals surface area contributed by atoms with Crippen molar-refractivity contribution >= 4 is 23.1 Å². The molecule has 35 heavy (non-hydrogen) atoms. The van der Waals surface area contributed by atoms with Crippen LogP contribution in [-0.2, 0) is 9.59 Å². The molecule has 1 atom stereocenters. The topological polar surface area (TPSA) is 76.1 Å². The van der Waals surface area contributed by atoms with E-state index in [0.717, 1.165) is 16.7 Å². The van der Waals surface area contributed by atoms with Crippen molar-refractivity contribution in [2.75, 3.05) is 19.1 Å². The third-order valence-corrected chi connectivity index (χ3v) is 6.28. The Balaban J connectivity index is 1.93. The Hall–Kier alpha value is -4.06. The Morgan fingerprint density at radius 3 is 2.26 bits per heavy atom. The quantitative estimate of drug-likeness (QED) is 0.281. The number of benzene rings is 3. The fourth-order valence-electron chi connectivity index (χ4n) is 4.49. The summed E-state index contributed by atoms with van der Waals surface area (Å²) in [6.45, 7) is 6.00. The number of aliphatic hydroxyl groups excluding tert-OH is 1. The Morgan fingerprint density at radius 2 is 1.66 bits per heavy atom. The van der Waals surface area contributed by atoms with Crippen LogP contribution in [0.25, 0.3) is 5.76 Å². The molecule has 0 aliphatic carbocycles. The van der Waals surface area contributed by atoms with E-state index in [9.17, 15) is 14.7 Å². The summed E-state index contributed by atoms with van der Waals surface area (Å²) in [7, 11) is 3.16. The van der Waals surface area contributed by atoms with E-state index in [0.29, 0.717) is 22.7 Å². The molecular weight excluding hydrogens is 442 g/mol. The smallest absolute Gasteiger partial charge is 0.300 e. The predicted octanol–water partition coefficient (Wildman–Crippen LogP) is 5.76. The first kappa shape index (κ1) is 24.1. The number of carbonyl (C=O) groups is 2. The summed E-state index contributed by atoms with van der Waals surface area (Å²) in [6.07, 6.45) is 0. The molecule has 0 saturated carbocycles. The number of hydrogen-bond donors (Lipinski definition) is 1. The molecular formula is C29H29NO5. The molecule has 1 fully saturated rings. The third-order valence-electron chi connectivity index (χ3n) is 6.28. The Labute approximate surface area is 205 Å². The molecule has 1 unspecified atom stereocenters. The second-order valence-electron chi connectivity index (χ2n) is 8.89. The van der Waals surface area contributed by atoms with E-state index >= 15 is 0 Å². The first-order chi connectivity index (χ1) is 16.8. The van der Waals surface area contributed by atoms with Crippen LogP contribution in [0, 0.1) is 6.92 Å². The molecule has 3 aromatic rings. The van der Waals surface area contributed by atoms with E-state index in [1.165, 1.54) is 4.90 Å². The highest BCUT2D eigenvalue weighted by Gasteiger charge is 2.47. The van der Waals surface area contributed by atoms with Gasteiger partial charge in [-0.2, -0.15) is 0 Å². The van der Waals surface area contributed by atoms with Gasteiger partial charge in [0.25, 0.3) is 11.7 Å². The fraction of sp³-hybridized carbons (Fsp3) is 0.241. The van der Waals surface area contributed by atoms with Gasteiger partial charge < -0.3 is 14.6 Å². The number of amides is 1. The third kappa shape index (κ3) is 4.39. The predicted molar refractivity (Wildman–Crippen MR) is 136 cm³/mol. The van der Waals surface area contributed by atoms with Gasteiger partial charge in [-0.05, 0) is 66.4 Å². The van der Waals surface area contributed by atoms with E-state index in [1.807, 2.05) is 51.1 Å². The standard InChI is InChI=1S/C29H29NO5/c1-17(2)23-16-20(9-14-24(23)35-5)27(31)25-26(19-8-6-7-18(3)15-19)30(29(33)28(25)32)21-10-12-22(34-4)13-11-21/h6-17,26,31H,1-5H3/b27-25-. The minimum Gasteiger partial charge on any atom is -0.507 e. The second kappa shape index (κ2) is 9.66. The summed E-state index contributed by atoms with van der Waals surface area (Å²) in [4.78, 5) is 28.1.